The number of ether oxygens (including phenoxy) is 2. The molecule has 2 aromatic carbocycles. The van der Waals surface area contributed by atoms with Crippen LogP contribution in [0.2, 0.25) is 0 Å². The summed E-state index contributed by atoms with van der Waals surface area (Å²) in [5.41, 5.74) is 4.98. The third-order valence-electron chi connectivity index (χ3n) is 4.81. The Kier molecular flexibility index (Phi) is 4.75. The van der Waals surface area contributed by atoms with Crippen LogP contribution in [0.15, 0.2) is 48.8 Å². The minimum Gasteiger partial charge on any atom is -0.493 e. The Labute approximate surface area is 167 Å². The minimum atomic E-state index is -0.0513. The lowest BCUT2D eigenvalue weighted by Crippen LogP contribution is -2.04. The molecule has 0 saturated heterocycles. The molecule has 0 aliphatic carbocycles. The van der Waals surface area contributed by atoms with E-state index in [1.807, 2.05) is 30.3 Å². The quantitative estimate of drug-likeness (QED) is 0.691. The van der Waals surface area contributed by atoms with Gasteiger partial charge in [-0.2, -0.15) is 5.26 Å². The van der Waals surface area contributed by atoms with Crippen molar-refractivity contribution < 1.29 is 14.3 Å². The average Bonchev–Trinajstić information content (AvgIpc) is 3.14. The SMILES string of the molecule is COc1ccc(-c2cncc(C#N)c2Nc2cccc3c2CC(=O)N3)cc1OC. The van der Waals surface area contributed by atoms with Crippen molar-refractivity contribution in [2.75, 3.05) is 24.9 Å². The molecule has 144 valence electrons. The van der Waals surface area contributed by atoms with Crippen LogP contribution in [0.3, 0.4) is 0 Å². The third kappa shape index (κ3) is 3.32. The Morgan fingerprint density at radius 3 is 2.72 bits per heavy atom. The lowest BCUT2D eigenvalue weighted by atomic mass is 10.0. The number of carbonyl (C=O) groups excluding carboxylic acids is 1. The summed E-state index contributed by atoms with van der Waals surface area (Å²) in [7, 11) is 3.15. The van der Waals surface area contributed by atoms with Crippen molar-refractivity contribution in [2.45, 2.75) is 6.42 Å². The summed E-state index contributed by atoms with van der Waals surface area (Å²) in [5, 5.41) is 15.8. The zero-order valence-corrected chi connectivity index (χ0v) is 15.9. The molecule has 1 aliphatic rings. The maximum absolute atomic E-state index is 11.8. The summed E-state index contributed by atoms with van der Waals surface area (Å²) in [6.45, 7) is 0. The van der Waals surface area contributed by atoms with Gasteiger partial charge in [-0.1, -0.05) is 12.1 Å². The highest BCUT2D eigenvalue weighted by Crippen LogP contribution is 2.39. The maximum Gasteiger partial charge on any atom is 0.228 e. The van der Waals surface area contributed by atoms with Crippen LogP contribution in [0.4, 0.5) is 17.1 Å². The molecule has 0 radical (unpaired) electrons. The van der Waals surface area contributed by atoms with Crippen LogP contribution in [0, 0.1) is 11.3 Å². The molecule has 1 aromatic heterocycles. The Bertz CT molecular complexity index is 1150. The lowest BCUT2D eigenvalue weighted by molar-refractivity contribution is -0.115. The highest BCUT2D eigenvalue weighted by atomic mass is 16.5. The minimum absolute atomic E-state index is 0.0513. The number of anilines is 3. The van der Waals surface area contributed by atoms with Crippen LogP contribution in [-0.2, 0) is 11.2 Å². The number of amides is 1. The van der Waals surface area contributed by atoms with Gasteiger partial charge in [0.2, 0.25) is 5.91 Å². The highest BCUT2D eigenvalue weighted by Gasteiger charge is 2.22. The molecule has 7 nitrogen and oxygen atoms in total. The fourth-order valence-electron chi connectivity index (χ4n) is 3.40. The van der Waals surface area contributed by atoms with Gasteiger partial charge in [-0.05, 0) is 29.8 Å². The Balaban J connectivity index is 1.83. The summed E-state index contributed by atoms with van der Waals surface area (Å²) in [6.07, 6.45) is 3.49. The molecule has 2 heterocycles. The van der Waals surface area contributed by atoms with Gasteiger partial charge in [-0.3, -0.25) is 9.78 Å². The summed E-state index contributed by atoms with van der Waals surface area (Å²) < 4.78 is 10.7. The van der Waals surface area contributed by atoms with Gasteiger partial charge in [0.15, 0.2) is 11.5 Å². The number of hydrogen-bond acceptors (Lipinski definition) is 6. The van der Waals surface area contributed by atoms with E-state index in [0.29, 0.717) is 22.7 Å². The largest absolute Gasteiger partial charge is 0.493 e. The van der Waals surface area contributed by atoms with Gasteiger partial charge in [0.1, 0.15) is 6.07 Å². The van der Waals surface area contributed by atoms with Crippen molar-refractivity contribution >= 4 is 23.0 Å². The number of rotatable bonds is 5. The van der Waals surface area contributed by atoms with E-state index in [1.54, 1.807) is 26.5 Å². The molecule has 0 spiro atoms. The van der Waals surface area contributed by atoms with Gasteiger partial charge in [0.05, 0.1) is 31.9 Å². The standard InChI is InChI=1S/C22H18N4O3/c1-28-19-7-6-13(8-20(19)29-2)16-12-24-11-14(10-23)22(16)26-18-5-3-4-17-15(18)9-21(27)25-17/h3-8,11-12H,9H2,1-2H3,(H,24,26)(H,25,27). The molecule has 4 rings (SSSR count). The second-order valence-corrected chi connectivity index (χ2v) is 6.47. The van der Waals surface area contributed by atoms with E-state index in [9.17, 15) is 10.1 Å². The Hall–Kier alpha value is -4.05. The molecular weight excluding hydrogens is 368 g/mol. The van der Waals surface area contributed by atoms with Crippen molar-refractivity contribution in [1.82, 2.24) is 4.98 Å². The Morgan fingerprint density at radius 1 is 1.14 bits per heavy atom. The predicted molar refractivity (Wildman–Crippen MR) is 110 cm³/mol. The molecule has 3 aromatic rings. The summed E-state index contributed by atoms with van der Waals surface area (Å²) in [6, 6.07) is 13.3. The number of carbonyl (C=O) groups is 1. The van der Waals surface area contributed by atoms with Crippen LogP contribution >= 0.6 is 0 Å². The summed E-state index contributed by atoms with van der Waals surface area (Å²) in [5.74, 6) is 1.14. The molecule has 0 fully saturated rings. The van der Waals surface area contributed by atoms with Gasteiger partial charge in [0, 0.05) is 34.9 Å². The normalized spacial score (nSPS) is 12.0. The number of fused-ring (bicyclic) bond motifs is 1. The van der Waals surface area contributed by atoms with E-state index >= 15 is 0 Å². The molecule has 0 saturated carbocycles. The van der Waals surface area contributed by atoms with Gasteiger partial charge < -0.3 is 20.1 Å². The monoisotopic (exact) mass is 386 g/mol. The topological polar surface area (TPSA) is 96.3 Å². The number of methoxy groups -OCH3 is 2. The first-order chi connectivity index (χ1) is 14.1. The number of hydrogen-bond donors (Lipinski definition) is 2. The first-order valence-electron chi connectivity index (χ1n) is 8.94. The smallest absolute Gasteiger partial charge is 0.228 e. The number of nitrogens with one attached hydrogen (secondary N) is 2. The van der Waals surface area contributed by atoms with Crippen molar-refractivity contribution in [3.63, 3.8) is 0 Å². The Morgan fingerprint density at radius 2 is 1.97 bits per heavy atom. The first-order valence-corrected chi connectivity index (χ1v) is 8.94. The number of aromatic nitrogens is 1. The van der Waals surface area contributed by atoms with E-state index in [-0.39, 0.29) is 12.3 Å². The molecule has 1 amide bonds. The second-order valence-electron chi connectivity index (χ2n) is 6.47. The van der Waals surface area contributed by atoms with Gasteiger partial charge in [0.25, 0.3) is 0 Å². The van der Waals surface area contributed by atoms with E-state index in [0.717, 1.165) is 28.1 Å². The van der Waals surface area contributed by atoms with Crippen LogP contribution in [0.5, 0.6) is 11.5 Å². The number of benzene rings is 2. The molecule has 7 heteroatoms. The molecule has 29 heavy (non-hydrogen) atoms. The van der Waals surface area contributed by atoms with Crippen molar-refractivity contribution in [1.29, 1.82) is 5.26 Å². The molecule has 2 N–H and O–H groups in total. The lowest BCUT2D eigenvalue weighted by Gasteiger charge is -2.16. The zero-order chi connectivity index (χ0) is 20.4. The van der Waals surface area contributed by atoms with Crippen LogP contribution in [-0.4, -0.2) is 25.1 Å². The molecule has 1 aliphatic heterocycles. The van der Waals surface area contributed by atoms with E-state index in [4.69, 9.17) is 9.47 Å². The van der Waals surface area contributed by atoms with Gasteiger partial charge >= 0.3 is 0 Å². The van der Waals surface area contributed by atoms with Gasteiger partial charge in [-0.25, -0.2) is 0 Å². The van der Waals surface area contributed by atoms with Gasteiger partial charge in [-0.15, -0.1) is 0 Å². The number of pyridine rings is 1. The van der Waals surface area contributed by atoms with Crippen LogP contribution < -0.4 is 20.1 Å². The first kappa shape index (κ1) is 18.3. The maximum atomic E-state index is 11.8. The molecule has 0 unspecified atom stereocenters. The van der Waals surface area contributed by atoms with E-state index in [2.05, 4.69) is 21.7 Å². The molecule has 0 atom stereocenters. The third-order valence-corrected chi connectivity index (χ3v) is 4.81. The predicted octanol–water partition coefficient (Wildman–Crippen LogP) is 3.88. The fourth-order valence-corrected chi connectivity index (χ4v) is 3.40. The van der Waals surface area contributed by atoms with Crippen LogP contribution in [0.25, 0.3) is 11.1 Å². The van der Waals surface area contributed by atoms with Crippen LogP contribution in [0.1, 0.15) is 11.1 Å². The van der Waals surface area contributed by atoms with Crippen molar-refractivity contribution in [3.8, 4) is 28.7 Å². The number of nitriles is 1. The highest BCUT2D eigenvalue weighted by molar-refractivity contribution is 6.02. The van der Waals surface area contributed by atoms with E-state index < -0.39 is 0 Å². The number of nitrogens with zero attached hydrogens (tertiary/aromatic N) is 2. The molecular formula is C22H18N4O3. The fraction of sp³-hybridized carbons (Fsp3) is 0.136. The van der Waals surface area contributed by atoms with E-state index in [1.165, 1.54) is 6.20 Å². The summed E-state index contributed by atoms with van der Waals surface area (Å²) >= 11 is 0. The molecule has 0 bridgehead atoms. The van der Waals surface area contributed by atoms with Crippen molar-refractivity contribution in [2.24, 2.45) is 0 Å². The summed E-state index contributed by atoms with van der Waals surface area (Å²) in [4.78, 5) is 16.0. The second kappa shape index (κ2) is 7.52. The van der Waals surface area contributed by atoms with Crippen molar-refractivity contribution in [3.05, 3.63) is 59.9 Å². The average molecular weight is 386 g/mol. The zero-order valence-electron chi connectivity index (χ0n) is 15.9.